The first-order valence-corrected chi connectivity index (χ1v) is 8.73. The Kier molecular flexibility index (Phi) is 5.13. The summed E-state index contributed by atoms with van der Waals surface area (Å²) in [5.41, 5.74) is 1.78. The number of aromatic nitrogens is 1. The highest BCUT2D eigenvalue weighted by Gasteiger charge is 2.45. The number of carbonyl (C=O) groups excluding carboxylic acids is 1. The van der Waals surface area contributed by atoms with Crippen LogP contribution in [0.2, 0.25) is 0 Å². The van der Waals surface area contributed by atoms with E-state index in [0.29, 0.717) is 25.1 Å². The molecular weight excluding hydrogens is 317 g/mol. The molecule has 1 amide bonds. The second-order valence-corrected chi connectivity index (χ2v) is 6.79. The van der Waals surface area contributed by atoms with E-state index in [1.807, 2.05) is 38.1 Å². The molecule has 0 saturated carbocycles. The van der Waals surface area contributed by atoms with Gasteiger partial charge in [-0.05, 0) is 43.5 Å². The van der Waals surface area contributed by atoms with E-state index in [2.05, 4.69) is 15.6 Å². The van der Waals surface area contributed by atoms with Crippen LogP contribution in [0, 0.1) is 18.2 Å². The Morgan fingerprint density at radius 1 is 1.28 bits per heavy atom. The monoisotopic (exact) mass is 341 g/mol. The smallest absolute Gasteiger partial charge is 0.229 e. The van der Waals surface area contributed by atoms with Crippen molar-refractivity contribution in [3.8, 4) is 0 Å². The Balaban J connectivity index is 1.76. The fraction of sp³-hybridized carbons (Fsp3) is 0.400. The molecule has 3 rings (SSSR count). The molecule has 2 N–H and O–H groups in total. The summed E-state index contributed by atoms with van der Waals surface area (Å²) in [5, 5.41) is 6.29. The topological polar surface area (TPSA) is 54.0 Å². The molecule has 2 heterocycles. The summed E-state index contributed by atoms with van der Waals surface area (Å²) in [6, 6.07) is 12.4. The molecule has 1 aliphatic rings. The molecule has 2 aromatic rings. The molecule has 1 saturated heterocycles. The predicted octanol–water partition coefficient (Wildman–Crippen LogP) is 2.93. The molecule has 132 valence electrons. The van der Waals surface area contributed by atoms with E-state index < -0.39 is 5.41 Å². The number of pyridine rings is 1. The third-order valence-electron chi connectivity index (χ3n) is 4.88. The van der Waals surface area contributed by atoms with E-state index in [0.717, 1.165) is 17.8 Å². The molecule has 0 radical (unpaired) electrons. The molecule has 0 spiro atoms. The first-order valence-electron chi connectivity index (χ1n) is 8.73. The maximum atomic E-state index is 14.0. The van der Waals surface area contributed by atoms with Crippen molar-refractivity contribution in [2.24, 2.45) is 5.41 Å². The number of nitrogens with one attached hydrogen (secondary N) is 2. The number of amides is 1. The van der Waals surface area contributed by atoms with Gasteiger partial charge in [-0.25, -0.2) is 4.39 Å². The molecule has 1 atom stereocenters. The summed E-state index contributed by atoms with van der Waals surface area (Å²) in [6.45, 7) is 5.08. The number of hydrogen-bond donors (Lipinski definition) is 2. The molecule has 1 unspecified atom stereocenters. The van der Waals surface area contributed by atoms with E-state index in [4.69, 9.17) is 0 Å². The van der Waals surface area contributed by atoms with Gasteiger partial charge in [0.25, 0.3) is 0 Å². The fourth-order valence-corrected chi connectivity index (χ4v) is 3.25. The summed E-state index contributed by atoms with van der Waals surface area (Å²) in [5.74, 6) is -0.293. The summed E-state index contributed by atoms with van der Waals surface area (Å²) >= 11 is 0. The third-order valence-corrected chi connectivity index (χ3v) is 4.88. The molecule has 0 bridgehead atoms. The summed E-state index contributed by atoms with van der Waals surface area (Å²) in [6.07, 6.45) is 1.15. The van der Waals surface area contributed by atoms with Crippen LogP contribution in [0.25, 0.3) is 0 Å². The van der Waals surface area contributed by atoms with Gasteiger partial charge >= 0.3 is 0 Å². The van der Waals surface area contributed by atoms with Crippen molar-refractivity contribution in [3.05, 3.63) is 65.2 Å². The summed E-state index contributed by atoms with van der Waals surface area (Å²) in [4.78, 5) is 17.5. The second kappa shape index (κ2) is 7.31. The minimum atomic E-state index is -0.598. The second-order valence-electron chi connectivity index (χ2n) is 6.79. The van der Waals surface area contributed by atoms with Gasteiger partial charge in [0.1, 0.15) is 5.82 Å². The first-order chi connectivity index (χ1) is 12.0. The standard InChI is InChI=1S/C20H24FN3O/c1-3-17(18-10-6-7-14(2)23-18)24-19(25)20(12-22-13-20)11-15-8-4-5-9-16(15)21/h4-10,17,22H,3,11-13H2,1-2H3,(H,24,25). The lowest BCUT2D eigenvalue weighted by atomic mass is 9.75. The van der Waals surface area contributed by atoms with Crippen molar-refractivity contribution in [2.45, 2.75) is 32.7 Å². The zero-order valence-corrected chi connectivity index (χ0v) is 14.7. The van der Waals surface area contributed by atoms with E-state index in [1.165, 1.54) is 6.07 Å². The molecule has 4 nitrogen and oxygen atoms in total. The van der Waals surface area contributed by atoms with Crippen LogP contribution in [-0.4, -0.2) is 24.0 Å². The highest BCUT2D eigenvalue weighted by Crippen LogP contribution is 2.30. The lowest BCUT2D eigenvalue weighted by Gasteiger charge is -2.42. The molecule has 1 fully saturated rings. The molecular formula is C20H24FN3O. The van der Waals surface area contributed by atoms with Gasteiger partial charge in [-0.1, -0.05) is 31.2 Å². The summed E-state index contributed by atoms with van der Waals surface area (Å²) < 4.78 is 14.0. The van der Waals surface area contributed by atoms with Gasteiger partial charge in [-0.15, -0.1) is 0 Å². The number of halogens is 1. The molecule has 1 aromatic heterocycles. The molecule has 1 aromatic carbocycles. The SMILES string of the molecule is CCC(NC(=O)C1(Cc2ccccc2F)CNC1)c1cccc(C)n1. The van der Waals surface area contributed by atoms with Crippen LogP contribution in [0.1, 0.15) is 36.3 Å². The van der Waals surface area contributed by atoms with Gasteiger partial charge in [0.2, 0.25) is 5.91 Å². The zero-order chi connectivity index (χ0) is 17.9. The average molecular weight is 341 g/mol. The molecule has 0 aliphatic carbocycles. The largest absolute Gasteiger partial charge is 0.347 e. The van der Waals surface area contributed by atoms with Crippen molar-refractivity contribution in [2.75, 3.05) is 13.1 Å². The van der Waals surface area contributed by atoms with Crippen LogP contribution in [-0.2, 0) is 11.2 Å². The van der Waals surface area contributed by atoms with Gasteiger partial charge in [0.15, 0.2) is 0 Å². The van der Waals surface area contributed by atoms with E-state index in [1.54, 1.807) is 12.1 Å². The number of aryl methyl sites for hydroxylation is 1. The van der Waals surface area contributed by atoms with Gasteiger partial charge in [-0.2, -0.15) is 0 Å². The third kappa shape index (κ3) is 3.71. The first kappa shape index (κ1) is 17.5. The molecule has 1 aliphatic heterocycles. The molecule has 25 heavy (non-hydrogen) atoms. The maximum Gasteiger partial charge on any atom is 0.229 e. The van der Waals surface area contributed by atoms with Crippen LogP contribution in [0.3, 0.4) is 0 Å². The van der Waals surface area contributed by atoms with E-state index >= 15 is 0 Å². The Bertz CT molecular complexity index is 758. The molecule has 5 heteroatoms. The van der Waals surface area contributed by atoms with Crippen molar-refractivity contribution < 1.29 is 9.18 Å². The Hall–Kier alpha value is -2.27. The Morgan fingerprint density at radius 3 is 2.64 bits per heavy atom. The van der Waals surface area contributed by atoms with E-state index in [-0.39, 0.29) is 17.8 Å². The highest BCUT2D eigenvalue weighted by molar-refractivity contribution is 5.85. The van der Waals surface area contributed by atoms with Crippen LogP contribution in [0.5, 0.6) is 0 Å². The van der Waals surface area contributed by atoms with Crippen molar-refractivity contribution >= 4 is 5.91 Å². The Morgan fingerprint density at radius 2 is 2.04 bits per heavy atom. The van der Waals surface area contributed by atoms with Crippen molar-refractivity contribution in [1.82, 2.24) is 15.6 Å². The van der Waals surface area contributed by atoms with Crippen LogP contribution < -0.4 is 10.6 Å². The van der Waals surface area contributed by atoms with Crippen LogP contribution >= 0.6 is 0 Å². The van der Waals surface area contributed by atoms with Gasteiger partial charge < -0.3 is 10.6 Å². The lowest BCUT2D eigenvalue weighted by Crippen LogP contribution is -2.62. The minimum absolute atomic E-state index is 0.0374. The number of rotatable bonds is 6. The number of hydrogen-bond acceptors (Lipinski definition) is 3. The van der Waals surface area contributed by atoms with Crippen LogP contribution in [0.15, 0.2) is 42.5 Å². The number of benzene rings is 1. The minimum Gasteiger partial charge on any atom is -0.347 e. The lowest BCUT2D eigenvalue weighted by molar-refractivity contribution is -0.134. The van der Waals surface area contributed by atoms with Gasteiger partial charge in [0, 0.05) is 18.8 Å². The van der Waals surface area contributed by atoms with Gasteiger partial charge in [-0.3, -0.25) is 9.78 Å². The van der Waals surface area contributed by atoms with Crippen LogP contribution in [0.4, 0.5) is 4.39 Å². The van der Waals surface area contributed by atoms with Crippen molar-refractivity contribution in [1.29, 1.82) is 0 Å². The number of carbonyl (C=O) groups is 1. The average Bonchev–Trinajstić information content (AvgIpc) is 2.57. The van der Waals surface area contributed by atoms with Gasteiger partial charge in [0.05, 0.1) is 17.2 Å². The maximum absolute atomic E-state index is 14.0. The number of nitrogens with zero attached hydrogens (tertiary/aromatic N) is 1. The Labute approximate surface area is 147 Å². The quantitative estimate of drug-likeness (QED) is 0.849. The zero-order valence-electron chi connectivity index (χ0n) is 14.7. The highest BCUT2D eigenvalue weighted by atomic mass is 19.1. The van der Waals surface area contributed by atoms with E-state index in [9.17, 15) is 9.18 Å². The normalized spacial score (nSPS) is 16.8. The fourth-order valence-electron chi connectivity index (χ4n) is 3.25. The van der Waals surface area contributed by atoms with Crippen molar-refractivity contribution in [3.63, 3.8) is 0 Å². The summed E-state index contributed by atoms with van der Waals surface area (Å²) in [7, 11) is 0. The predicted molar refractivity (Wildman–Crippen MR) is 95.6 cm³/mol.